The molecule has 3 rings (SSSR count). The van der Waals surface area contributed by atoms with E-state index in [4.69, 9.17) is 23.2 Å². The van der Waals surface area contributed by atoms with Gasteiger partial charge in [-0.25, -0.2) is 4.68 Å². The van der Waals surface area contributed by atoms with Crippen LogP contribution in [0.25, 0.3) is 5.69 Å². The largest absolute Gasteiger partial charge is 0.344 e. The molecule has 0 saturated carbocycles. The molecular formula is C19H20BrCl2N5OS. The van der Waals surface area contributed by atoms with Gasteiger partial charge in [0, 0.05) is 31.7 Å². The van der Waals surface area contributed by atoms with Crippen LogP contribution in [-0.2, 0) is 17.8 Å². The highest BCUT2D eigenvalue weighted by atomic mass is 79.9. The normalized spacial score (nSPS) is 11.2. The van der Waals surface area contributed by atoms with Crippen LogP contribution in [0.2, 0.25) is 10.0 Å². The van der Waals surface area contributed by atoms with Crippen LogP contribution in [0, 0.1) is 0 Å². The van der Waals surface area contributed by atoms with Crippen LogP contribution in [0.4, 0.5) is 0 Å². The highest BCUT2D eigenvalue weighted by molar-refractivity contribution is 9.11. The van der Waals surface area contributed by atoms with Crippen molar-refractivity contribution in [2.24, 2.45) is 0 Å². The summed E-state index contributed by atoms with van der Waals surface area (Å²) >= 11 is 17.3. The number of benzene rings is 1. The Morgan fingerprint density at radius 2 is 2.03 bits per heavy atom. The molecule has 1 aromatic carbocycles. The first-order valence-electron chi connectivity index (χ1n) is 8.84. The average molecular weight is 517 g/mol. The summed E-state index contributed by atoms with van der Waals surface area (Å²) in [7, 11) is 3.81. The molecule has 0 radical (unpaired) electrons. The lowest BCUT2D eigenvalue weighted by Gasteiger charge is -2.21. The Morgan fingerprint density at radius 1 is 1.24 bits per heavy atom. The molecule has 10 heteroatoms. The summed E-state index contributed by atoms with van der Waals surface area (Å²) in [6.07, 6.45) is 2.24. The van der Waals surface area contributed by atoms with Crippen molar-refractivity contribution in [1.29, 1.82) is 0 Å². The highest BCUT2D eigenvalue weighted by Gasteiger charge is 2.13. The van der Waals surface area contributed by atoms with Gasteiger partial charge in [-0.3, -0.25) is 9.69 Å². The highest BCUT2D eigenvalue weighted by Crippen LogP contribution is 2.24. The molecule has 6 nitrogen and oxygen atoms in total. The molecule has 0 saturated heterocycles. The zero-order valence-corrected chi connectivity index (χ0v) is 19.9. The number of likely N-dealkylation sites (N-methyl/N-ethyl adjacent to an activating group) is 2. The van der Waals surface area contributed by atoms with E-state index in [0.29, 0.717) is 35.2 Å². The first-order valence-corrected chi connectivity index (χ1v) is 11.3. The Bertz CT molecular complexity index is 993. The van der Waals surface area contributed by atoms with Crippen LogP contribution in [0.3, 0.4) is 0 Å². The molecule has 154 valence electrons. The molecule has 0 atom stereocenters. The summed E-state index contributed by atoms with van der Waals surface area (Å²) in [5, 5.41) is 11.5. The maximum atomic E-state index is 12.4. The van der Waals surface area contributed by atoms with Gasteiger partial charge in [0.25, 0.3) is 0 Å². The standard InChI is InChI=1S/C19H20BrCl2N5OS/c1-25(5-6-26(2)19(28)8-13-7-18(20)29-12-13)10-15-11-27(24-23-15)17-9-14(21)3-4-16(17)22/h3-4,7,9,11-12H,5-6,8,10H2,1-2H3. The third-order valence-electron chi connectivity index (χ3n) is 4.35. The first-order chi connectivity index (χ1) is 13.8. The van der Waals surface area contributed by atoms with Gasteiger partial charge in [-0.1, -0.05) is 28.4 Å². The van der Waals surface area contributed by atoms with E-state index < -0.39 is 0 Å². The Labute approximate surface area is 192 Å². The maximum Gasteiger partial charge on any atom is 0.226 e. The van der Waals surface area contributed by atoms with E-state index in [1.165, 1.54) is 0 Å². The van der Waals surface area contributed by atoms with Crippen molar-refractivity contribution >= 4 is 56.4 Å². The lowest BCUT2D eigenvalue weighted by atomic mass is 10.2. The molecule has 1 amide bonds. The number of hydrogen-bond acceptors (Lipinski definition) is 5. The van der Waals surface area contributed by atoms with Crippen molar-refractivity contribution < 1.29 is 4.79 Å². The van der Waals surface area contributed by atoms with Crippen LogP contribution < -0.4 is 0 Å². The first kappa shape index (κ1) is 22.2. The van der Waals surface area contributed by atoms with E-state index in [9.17, 15) is 4.79 Å². The predicted octanol–water partition coefficient (Wildman–Crippen LogP) is 4.53. The van der Waals surface area contributed by atoms with Crippen molar-refractivity contribution in [3.8, 4) is 5.69 Å². The number of carbonyl (C=O) groups excluding carboxylic acids is 1. The predicted molar refractivity (Wildman–Crippen MR) is 121 cm³/mol. The number of carbonyl (C=O) groups is 1. The van der Waals surface area contributed by atoms with Gasteiger partial charge in [-0.05, 0) is 58.2 Å². The third-order valence-corrected chi connectivity index (χ3v) is 6.46. The lowest BCUT2D eigenvalue weighted by Crippen LogP contribution is -2.35. The van der Waals surface area contributed by atoms with E-state index >= 15 is 0 Å². The van der Waals surface area contributed by atoms with E-state index in [1.54, 1.807) is 39.1 Å². The second-order valence-electron chi connectivity index (χ2n) is 6.74. The number of nitrogens with zero attached hydrogens (tertiary/aromatic N) is 5. The fourth-order valence-corrected chi connectivity index (χ4v) is 4.28. The lowest BCUT2D eigenvalue weighted by molar-refractivity contribution is -0.129. The molecule has 0 fully saturated rings. The van der Waals surface area contributed by atoms with Crippen LogP contribution in [-0.4, -0.2) is 57.9 Å². The molecule has 0 N–H and O–H groups in total. The minimum atomic E-state index is 0.102. The zero-order valence-electron chi connectivity index (χ0n) is 16.0. The number of halogens is 3. The molecule has 0 spiro atoms. The Hall–Kier alpha value is -1.45. The van der Waals surface area contributed by atoms with Crippen LogP contribution in [0.15, 0.2) is 39.6 Å². The van der Waals surface area contributed by atoms with E-state index in [-0.39, 0.29) is 5.91 Å². The topological polar surface area (TPSA) is 54.3 Å². The van der Waals surface area contributed by atoms with Gasteiger partial charge in [0.2, 0.25) is 5.91 Å². The van der Waals surface area contributed by atoms with Crippen LogP contribution in [0.1, 0.15) is 11.3 Å². The van der Waals surface area contributed by atoms with E-state index in [1.807, 2.05) is 31.7 Å². The number of rotatable bonds is 8. The van der Waals surface area contributed by atoms with Gasteiger partial charge in [0.15, 0.2) is 0 Å². The van der Waals surface area contributed by atoms with Gasteiger partial charge in [-0.2, -0.15) is 0 Å². The minimum absolute atomic E-state index is 0.102. The number of aromatic nitrogens is 3. The quantitative estimate of drug-likeness (QED) is 0.441. The molecule has 0 aliphatic rings. The molecule has 2 heterocycles. The maximum absolute atomic E-state index is 12.4. The smallest absolute Gasteiger partial charge is 0.226 e. The van der Waals surface area contributed by atoms with Gasteiger partial charge in [-0.15, -0.1) is 16.4 Å². The summed E-state index contributed by atoms with van der Waals surface area (Å²) in [6, 6.07) is 7.19. The van der Waals surface area contributed by atoms with Crippen molar-refractivity contribution in [3.63, 3.8) is 0 Å². The third kappa shape index (κ3) is 6.26. The average Bonchev–Trinajstić information content (AvgIpc) is 3.30. The van der Waals surface area contributed by atoms with E-state index in [2.05, 4.69) is 31.1 Å². The minimum Gasteiger partial charge on any atom is -0.344 e. The number of amides is 1. The Morgan fingerprint density at radius 3 is 2.76 bits per heavy atom. The monoisotopic (exact) mass is 515 g/mol. The molecule has 0 aliphatic carbocycles. The van der Waals surface area contributed by atoms with Crippen molar-refractivity contribution in [1.82, 2.24) is 24.8 Å². The summed E-state index contributed by atoms with van der Waals surface area (Å²) in [5.74, 6) is 0.102. The molecule has 29 heavy (non-hydrogen) atoms. The molecule has 0 unspecified atom stereocenters. The Kier molecular flexibility index (Phi) is 7.70. The summed E-state index contributed by atoms with van der Waals surface area (Å²) in [4.78, 5) is 16.2. The number of hydrogen-bond donors (Lipinski definition) is 0. The molecule has 0 aliphatic heterocycles. The Balaban J connectivity index is 1.50. The molecule has 3 aromatic rings. The fourth-order valence-electron chi connectivity index (χ4n) is 2.70. The van der Waals surface area contributed by atoms with Crippen molar-refractivity contribution in [2.45, 2.75) is 13.0 Å². The second-order valence-corrected chi connectivity index (χ2v) is 9.87. The van der Waals surface area contributed by atoms with Gasteiger partial charge in [0.1, 0.15) is 0 Å². The molecule has 2 aromatic heterocycles. The van der Waals surface area contributed by atoms with Gasteiger partial charge >= 0.3 is 0 Å². The van der Waals surface area contributed by atoms with Gasteiger partial charge < -0.3 is 4.90 Å². The summed E-state index contributed by atoms with van der Waals surface area (Å²) in [5.41, 5.74) is 2.52. The molecular weight excluding hydrogens is 497 g/mol. The molecule has 0 bridgehead atoms. The van der Waals surface area contributed by atoms with Crippen LogP contribution >= 0.6 is 50.5 Å². The fraction of sp³-hybridized carbons (Fsp3) is 0.316. The SMILES string of the molecule is CN(CCN(C)C(=O)Cc1csc(Br)c1)Cc1cn(-c2cc(Cl)ccc2Cl)nn1. The summed E-state index contributed by atoms with van der Waals surface area (Å²) < 4.78 is 2.65. The number of thiophene rings is 1. The zero-order chi connectivity index (χ0) is 21.0. The summed E-state index contributed by atoms with van der Waals surface area (Å²) in [6.45, 7) is 1.97. The van der Waals surface area contributed by atoms with Crippen molar-refractivity contribution in [3.05, 3.63) is 60.9 Å². The van der Waals surface area contributed by atoms with Crippen molar-refractivity contribution in [2.75, 3.05) is 27.2 Å². The van der Waals surface area contributed by atoms with Crippen LogP contribution in [0.5, 0.6) is 0 Å². The second kappa shape index (κ2) is 10.0. The van der Waals surface area contributed by atoms with E-state index in [0.717, 1.165) is 21.6 Å². The van der Waals surface area contributed by atoms with Gasteiger partial charge in [0.05, 0.1) is 32.8 Å².